The molecule has 1 amide bonds. The molecule has 0 bridgehead atoms. The second-order valence-corrected chi connectivity index (χ2v) is 7.32. The van der Waals surface area contributed by atoms with Gasteiger partial charge in [-0.15, -0.1) is 0 Å². The number of nitrogens with one attached hydrogen (secondary N) is 2. The fraction of sp³-hybridized carbons (Fsp3) is 0.263. The van der Waals surface area contributed by atoms with Crippen LogP contribution in [-0.2, 0) is 10.0 Å². The van der Waals surface area contributed by atoms with E-state index in [1.807, 2.05) is 0 Å². The van der Waals surface area contributed by atoms with Crippen LogP contribution in [0.4, 0.5) is 0 Å². The van der Waals surface area contributed by atoms with E-state index < -0.39 is 10.0 Å². The molecule has 0 spiro atoms. The Morgan fingerprint density at radius 1 is 1.14 bits per heavy atom. The summed E-state index contributed by atoms with van der Waals surface area (Å²) in [7, 11) is -0.945. The molecular formula is C19H23N3O5S. The number of ether oxygens (including phenoxy) is 1. The highest BCUT2D eigenvalue weighted by molar-refractivity contribution is 7.90. The van der Waals surface area contributed by atoms with Gasteiger partial charge in [-0.1, -0.05) is 12.1 Å². The van der Waals surface area contributed by atoms with Gasteiger partial charge in [-0.25, -0.2) is 8.42 Å². The number of sulfonamides is 1. The summed E-state index contributed by atoms with van der Waals surface area (Å²) < 4.78 is 31.5. The SMILES string of the molecule is CO.COc1ccc(C(=O)NCCCN=C2NS(=O)(=O)c3ccccc32)cc1. The lowest BCUT2D eigenvalue weighted by molar-refractivity contribution is 0.0953. The van der Waals surface area contributed by atoms with Crippen LogP contribution in [0.25, 0.3) is 0 Å². The maximum absolute atomic E-state index is 12.0. The summed E-state index contributed by atoms with van der Waals surface area (Å²) in [4.78, 5) is 16.6. The molecule has 1 aliphatic rings. The van der Waals surface area contributed by atoms with Crippen LogP contribution >= 0.6 is 0 Å². The van der Waals surface area contributed by atoms with Gasteiger partial charge in [-0.3, -0.25) is 14.5 Å². The summed E-state index contributed by atoms with van der Waals surface area (Å²) in [6.45, 7) is 0.838. The van der Waals surface area contributed by atoms with Crippen LogP contribution in [0.15, 0.2) is 58.4 Å². The molecule has 1 aliphatic heterocycles. The summed E-state index contributed by atoms with van der Waals surface area (Å²) in [6, 6.07) is 13.6. The van der Waals surface area contributed by atoms with Crippen molar-refractivity contribution in [1.82, 2.24) is 10.0 Å². The van der Waals surface area contributed by atoms with Crippen LogP contribution < -0.4 is 14.8 Å². The van der Waals surface area contributed by atoms with Gasteiger partial charge in [0.2, 0.25) is 0 Å². The number of amidine groups is 1. The van der Waals surface area contributed by atoms with Crippen molar-refractivity contribution in [2.75, 3.05) is 27.3 Å². The predicted octanol–water partition coefficient (Wildman–Crippen LogP) is 1.16. The normalized spacial score (nSPS) is 15.0. The number of aliphatic hydroxyl groups excluding tert-OH is 1. The van der Waals surface area contributed by atoms with Gasteiger partial charge in [0, 0.05) is 31.3 Å². The van der Waals surface area contributed by atoms with Crippen LogP contribution in [0.5, 0.6) is 5.75 Å². The fourth-order valence-electron chi connectivity index (χ4n) is 2.57. The zero-order valence-electron chi connectivity index (χ0n) is 15.7. The second kappa shape index (κ2) is 9.86. The van der Waals surface area contributed by atoms with Crippen LogP contribution in [0.1, 0.15) is 22.3 Å². The van der Waals surface area contributed by atoms with Crippen molar-refractivity contribution >= 4 is 21.8 Å². The summed E-state index contributed by atoms with van der Waals surface area (Å²) in [5.74, 6) is 0.867. The smallest absolute Gasteiger partial charge is 0.263 e. The summed E-state index contributed by atoms with van der Waals surface area (Å²) >= 11 is 0. The molecule has 3 rings (SSSR count). The topological polar surface area (TPSA) is 117 Å². The molecule has 0 radical (unpaired) electrons. The number of aliphatic imine (C=N–C) groups is 1. The number of hydrogen-bond acceptors (Lipinski definition) is 6. The van der Waals surface area contributed by atoms with E-state index >= 15 is 0 Å². The molecule has 0 atom stereocenters. The summed E-state index contributed by atoms with van der Waals surface area (Å²) in [5, 5.41) is 9.81. The number of aliphatic hydroxyl groups is 1. The first kappa shape index (κ1) is 21.4. The Balaban J connectivity index is 0.00000136. The fourth-order valence-corrected chi connectivity index (χ4v) is 3.82. The second-order valence-electron chi connectivity index (χ2n) is 5.67. The van der Waals surface area contributed by atoms with E-state index in [0.717, 1.165) is 7.11 Å². The number of benzene rings is 2. The predicted molar refractivity (Wildman–Crippen MR) is 106 cm³/mol. The molecule has 0 aliphatic carbocycles. The molecule has 0 saturated carbocycles. The van der Waals surface area contributed by atoms with E-state index in [-0.39, 0.29) is 10.8 Å². The lowest BCUT2D eigenvalue weighted by Crippen LogP contribution is -2.25. The minimum atomic E-state index is -3.51. The third-order valence-electron chi connectivity index (χ3n) is 3.91. The number of nitrogens with zero attached hydrogens (tertiary/aromatic N) is 1. The minimum Gasteiger partial charge on any atom is -0.497 e. The maximum Gasteiger partial charge on any atom is 0.263 e. The van der Waals surface area contributed by atoms with Gasteiger partial charge in [-0.2, -0.15) is 0 Å². The molecule has 0 fully saturated rings. The summed E-state index contributed by atoms with van der Waals surface area (Å²) in [5.41, 5.74) is 1.13. The van der Waals surface area contributed by atoms with Crippen LogP contribution in [0.2, 0.25) is 0 Å². The van der Waals surface area contributed by atoms with Crippen LogP contribution in [0, 0.1) is 0 Å². The van der Waals surface area contributed by atoms with Crippen molar-refractivity contribution in [2.24, 2.45) is 4.99 Å². The van der Waals surface area contributed by atoms with Crippen molar-refractivity contribution in [3.8, 4) is 5.75 Å². The first-order chi connectivity index (χ1) is 13.5. The number of methoxy groups -OCH3 is 1. The quantitative estimate of drug-likeness (QED) is 0.624. The van der Waals surface area contributed by atoms with Crippen LogP contribution in [-0.4, -0.2) is 52.6 Å². The van der Waals surface area contributed by atoms with Crippen molar-refractivity contribution in [2.45, 2.75) is 11.3 Å². The van der Waals surface area contributed by atoms with Crippen molar-refractivity contribution in [3.63, 3.8) is 0 Å². The molecule has 28 heavy (non-hydrogen) atoms. The molecule has 0 aromatic heterocycles. The van der Waals surface area contributed by atoms with Crippen molar-refractivity contribution in [3.05, 3.63) is 59.7 Å². The van der Waals surface area contributed by atoms with E-state index in [0.29, 0.717) is 42.2 Å². The van der Waals surface area contributed by atoms with Gasteiger partial charge in [-0.05, 0) is 42.8 Å². The minimum absolute atomic E-state index is 0.174. The molecule has 1 heterocycles. The Morgan fingerprint density at radius 2 is 1.82 bits per heavy atom. The van der Waals surface area contributed by atoms with E-state index in [9.17, 15) is 13.2 Å². The monoisotopic (exact) mass is 405 g/mol. The molecular weight excluding hydrogens is 382 g/mol. The molecule has 0 unspecified atom stereocenters. The van der Waals surface area contributed by atoms with E-state index in [2.05, 4.69) is 15.0 Å². The van der Waals surface area contributed by atoms with Crippen molar-refractivity contribution in [1.29, 1.82) is 0 Å². The Bertz CT molecular complexity index is 940. The number of amides is 1. The largest absolute Gasteiger partial charge is 0.497 e. The highest BCUT2D eigenvalue weighted by Gasteiger charge is 2.29. The Morgan fingerprint density at radius 3 is 2.50 bits per heavy atom. The average molecular weight is 405 g/mol. The highest BCUT2D eigenvalue weighted by atomic mass is 32.2. The highest BCUT2D eigenvalue weighted by Crippen LogP contribution is 2.22. The lowest BCUT2D eigenvalue weighted by Gasteiger charge is -2.05. The van der Waals surface area contributed by atoms with Gasteiger partial charge >= 0.3 is 0 Å². The molecule has 2 aromatic rings. The number of fused-ring (bicyclic) bond motifs is 1. The van der Waals surface area contributed by atoms with Crippen molar-refractivity contribution < 1.29 is 23.1 Å². The van der Waals surface area contributed by atoms with Gasteiger partial charge in [0.15, 0.2) is 0 Å². The van der Waals surface area contributed by atoms with E-state index in [4.69, 9.17) is 9.84 Å². The van der Waals surface area contributed by atoms with Gasteiger partial charge in [0.05, 0.1) is 12.0 Å². The first-order valence-corrected chi connectivity index (χ1v) is 10.0. The zero-order chi connectivity index (χ0) is 20.6. The van der Waals surface area contributed by atoms with E-state index in [1.165, 1.54) is 0 Å². The molecule has 9 heteroatoms. The Hall–Kier alpha value is -2.91. The first-order valence-electron chi connectivity index (χ1n) is 8.55. The number of hydrogen-bond donors (Lipinski definition) is 3. The average Bonchev–Trinajstić information content (AvgIpc) is 2.99. The number of carbonyl (C=O) groups is 1. The lowest BCUT2D eigenvalue weighted by atomic mass is 10.2. The molecule has 150 valence electrons. The number of carbonyl (C=O) groups excluding carboxylic acids is 1. The zero-order valence-corrected chi connectivity index (χ0v) is 16.5. The van der Waals surface area contributed by atoms with Gasteiger partial charge in [0.25, 0.3) is 15.9 Å². The third-order valence-corrected chi connectivity index (χ3v) is 5.30. The standard InChI is InChI=1S/C18H19N3O4S.CH4O/c1-25-14-9-7-13(8-10-14)18(22)20-12-4-11-19-17-15-5-2-3-6-16(15)26(23,24)21-17;1-2/h2-3,5-10H,4,11-12H2,1H3,(H,19,21)(H,20,22);2H,1H3. The Labute approximate surface area is 164 Å². The molecule has 2 aromatic carbocycles. The molecule has 3 N–H and O–H groups in total. The van der Waals surface area contributed by atoms with Gasteiger partial charge in [0.1, 0.15) is 11.6 Å². The maximum atomic E-state index is 12.0. The summed E-state index contributed by atoms with van der Waals surface area (Å²) in [6.07, 6.45) is 0.593. The number of rotatable bonds is 6. The molecule has 8 nitrogen and oxygen atoms in total. The Kier molecular flexibility index (Phi) is 7.53. The van der Waals surface area contributed by atoms with Crippen LogP contribution in [0.3, 0.4) is 0 Å². The van der Waals surface area contributed by atoms with E-state index in [1.54, 1.807) is 55.6 Å². The van der Waals surface area contributed by atoms with Gasteiger partial charge < -0.3 is 15.2 Å². The molecule has 0 saturated heterocycles. The third kappa shape index (κ3) is 5.08.